The summed E-state index contributed by atoms with van der Waals surface area (Å²) in [5.41, 5.74) is 2.46. The van der Waals surface area contributed by atoms with E-state index in [1.165, 1.54) is 69.9 Å². The maximum absolute atomic E-state index is 9.14. The van der Waals surface area contributed by atoms with Gasteiger partial charge in [-0.1, -0.05) is 26.7 Å². The van der Waals surface area contributed by atoms with Crippen LogP contribution in [0, 0.1) is 40.4 Å². The second-order valence-corrected chi connectivity index (χ2v) is 10.3. The van der Waals surface area contributed by atoms with Crippen LogP contribution in [0.4, 0.5) is 0 Å². The number of nitrogens with zero attached hydrogens (tertiary/aromatic N) is 1. The summed E-state index contributed by atoms with van der Waals surface area (Å²) in [5.74, 6) is 4.60. The zero-order valence-electron chi connectivity index (χ0n) is 16.8. The Kier molecular flexibility index (Phi) is 4.80. The van der Waals surface area contributed by atoms with Gasteiger partial charge in [0, 0.05) is 11.6 Å². The van der Waals surface area contributed by atoms with Crippen LogP contribution in [0.3, 0.4) is 0 Å². The number of hydrogen-bond donors (Lipinski definition) is 1. The van der Waals surface area contributed by atoms with E-state index in [9.17, 15) is 0 Å². The molecule has 4 rings (SSSR count). The molecule has 0 amide bonds. The van der Waals surface area contributed by atoms with Gasteiger partial charge >= 0.3 is 0 Å². The van der Waals surface area contributed by atoms with Gasteiger partial charge in [0.15, 0.2) is 0 Å². The second-order valence-electron chi connectivity index (χ2n) is 10.3. The standard InChI is InChI=1S/C23H39NO/c1-16(24-14-15-25)19-9-10-20-18-8-7-17-6-4-5-12-22(17,2)21(18)11-13-23(19,20)3/h17-21,25H,4-15H2,1-3H3/t17?,18-,19+,20-,21-,22-,23+/m0/s1. The molecule has 0 bridgehead atoms. The van der Waals surface area contributed by atoms with E-state index in [0.29, 0.717) is 23.3 Å². The Morgan fingerprint density at radius 3 is 2.52 bits per heavy atom. The highest BCUT2D eigenvalue weighted by atomic mass is 16.3. The molecule has 1 N–H and O–H groups in total. The zero-order chi connectivity index (χ0) is 17.7. The minimum absolute atomic E-state index is 0.189. The highest BCUT2D eigenvalue weighted by molar-refractivity contribution is 5.85. The fraction of sp³-hybridized carbons (Fsp3) is 0.957. The lowest BCUT2D eigenvalue weighted by Gasteiger charge is -2.60. The monoisotopic (exact) mass is 345 g/mol. The van der Waals surface area contributed by atoms with Crippen molar-refractivity contribution in [1.29, 1.82) is 0 Å². The second kappa shape index (κ2) is 6.66. The molecule has 0 aromatic rings. The summed E-state index contributed by atoms with van der Waals surface area (Å²) >= 11 is 0. The number of aliphatic imine (C=N–C) groups is 1. The van der Waals surface area contributed by atoms with Gasteiger partial charge in [0.05, 0.1) is 13.2 Å². The van der Waals surface area contributed by atoms with Crippen molar-refractivity contribution >= 4 is 5.71 Å². The van der Waals surface area contributed by atoms with Crippen molar-refractivity contribution in [3.63, 3.8) is 0 Å². The predicted molar refractivity (Wildman–Crippen MR) is 105 cm³/mol. The third-order valence-corrected chi connectivity index (χ3v) is 9.55. The highest BCUT2D eigenvalue weighted by Gasteiger charge is 2.59. The van der Waals surface area contributed by atoms with Gasteiger partial charge in [-0.05, 0) is 92.8 Å². The van der Waals surface area contributed by atoms with Gasteiger partial charge in [0.1, 0.15) is 0 Å². The van der Waals surface area contributed by atoms with Crippen molar-refractivity contribution in [3.8, 4) is 0 Å². The van der Waals surface area contributed by atoms with Crippen LogP contribution in [0.25, 0.3) is 0 Å². The number of fused-ring (bicyclic) bond motifs is 5. The van der Waals surface area contributed by atoms with Crippen LogP contribution < -0.4 is 0 Å². The first-order chi connectivity index (χ1) is 12.0. The SMILES string of the molecule is CC(=NCCO)[C@H]1CC[C@H]2[C@@H]3CCC4CCCC[C@]4(C)[C@H]3CC[C@]12C. The minimum Gasteiger partial charge on any atom is -0.394 e. The van der Waals surface area contributed by atoms with Gasteiger partial charge in [0.25, 0.3) is 0 Å². The Balaban J connectivity index is 1.57. The van der Waals surface area contributed by atoms with Gasteiger partial charge in [-0.3, -0.25) is 4.99 Å². The summed E-state index contributed by atoms with van der Waals surface area (Å²) in [6, 6.07) is 0. The van der Waals surface area contributed by atoms with Crippen LogP contribution in [-0.2, 0) is 0 Å². The molecule has 25 heavy (non-hydrogen) atoms. The molecule has 0 saturated heterocycles. The van der Waals surface area contributed by atoms with Crippen molar-refractivity contribution in [2.45, 2.75) is 85.0 Å². The van der Waals surface area contributed by atoms with E-state index in [-0.39, 0.29) is 6.61 Å². The lowest BCUT2D eigenvalue weighted by molar-refractivity contribution is -0.106. The van der Waals surface area contributed by atoms with Crippen molar-refractivity contribution in [2.24, 2.45) is 45.4 Å². The average molecular weight is 346 g/mol. The summed E-state index contributed by atoms with van der Waals surface area (Å²) < 4.78 is 0. The largest absolute Gasteiger partial charge is 0.394 e. The van der Waals surface area contributed by atoms with E-state index in [2.05, 4.69) is 20.8 Å². The summed E-state index contributed by atoms with van der Waals surface area (Å²) in [4.78, 5) is 4.71. The first-order valence-corrected chi connectivity index (χ1v) is 11.1. The highest BCUT2D eigenvalue weighted by Crippen LogP contribution is 2.67. The van der Waals surface area contributed by atoms with Crippen molar-refractivity contribution in [2.75, 3.05) is 13.2 Å². The lowest BCUT2D eigenvalue weighted by atomic mass is 9.45. The topological polar surface area (TPSA) is 32.6 Å². The van der Waals surface area contributed by atoms with Crippen LogP contribution in [0.15, 0.2) is 4.99 Å². The number of aliphatic hydroxyl groups excluding tert-OH is 1. The summed E-state index contributed by atoms with van der Waals surface area (Å²) in [7, 11) is 0. The fourth-order valence-electron chi connectivity index (χ4n) is 8.32. The molecule has 4 fully saturated rings. The summed E-state index contributed by atoms with van der Waals surface area (Å²) in [6.07, 6.45) is 14.6. The van der Waals surface area contributed by atoms with Gasteiger partial charge in [-0.25, -0.2) is 0 Å². The predicted octanol–water partition coefficient (Wildman–Crippen LogP) is 5.49. The van der Waals surface area contributed by atoms with Crippen LogP contribution in [0.2, 0.25) is 0 Å². The van der Waals surface area contributed by atoms with Crippen LogP contribution in [-0.4, -0.2) is 24.0 Å². The van der Waals surface area contributed by atoms with E-state index in [1.54, 1.807) is 0 Å². The van der Waals surface area contributed by atoms with Crippen LogP contribution in [0.5, 0.6) is 0 Å². The van der Waals surface area contributed by atoms with Crippen LogP contribution >= 0.6 is 0 Å². The molecule has 4 aliphatic rings. The van der Waals surface area contributed by atoms with E-state index in [4.69, 9.17) is 10.1 Å². The molecule has 4 saturated carbocycles. The first kappa shape index (κ1) is 18.0. The van der Waals surface area contributed by atoms with E-state index in [1.807, 2.05) is 0 Å². The Hall–Kier alpha value is -0.370. The van der Waals surface area contributed by atoms with E-state index >= 15 is 0 Å². The van der Waals surface area contributed by atoms with Crippen molar-refractivity contribution in [3.05, 3.63) is 0 Å². The molecule has 142 valence electrons. The van der Waals surface area contributed by atoms with Gasteiger partial charge < -0.3 is 5.11 Å². The summed E-state index contributed by atoms with van der Waals surface area (Å²) in [5, 5.41) is 9.14. The molecule has 1 unspecified atom stereocenters. The number of rotatable bonds is 3. The molecular weight excluding hydrogens is 306 g/mol. The lowest BCUT2D eigenvalue weighted by Crippen LogP contribution is -2.53. The molecule has 0 radical (unpaired) electrons. The molecule has 0 aromatic heterocycles. The maximum Gasteiger partial charge on any atom is 0.0626 e. The minimum atomic E-state index is 0.189. The number of aliphatic hydroxyl groups is 1. The third-order valence-electron chi connectivity index (χ3n) is 9.55. The third kappa shape index (κ3) is 2.73. The smallest absolute Gasteiger partial charge is 0.0626 e. The molecule has 2 heteroatoms. The zero-order valence-corrected chi connectivity index (χ0v) is 16.8. The number of hydrogen-bond acceptors (Lipinski definition) is 2. The van der Waals surface area contributed by atoms with Crippen molar-refractivity contribution < 1.29 is 5.11 Å². The maximum atomic E-state index is 9.14. The van der Waals surface area contributed by atoms with Gasteiger partial charge in [0.2, 0.25) is 0 Å². The molecular formula is C23H39NO. The van der Waals surface area contributed by atoms with E-state index < -0.39 is 0 Å². The quantitative estimate of drug-likeness (QED) is 0.674. The summed E-state index contributed by atoms with van der Waals surface area (Å²) in [6.45, 7) is 8.29. The molecule has 4 aliphatic carbocycles. The molecule has 7 atom stereocenters. The Morgan fingerprint density at radius 1 is 0.920 bits per heavy atom. The molecule has 0 aromatic carbocycles. The Bertz CT molecular complexity index is 528. The molecule has 0 heterocycles. The molecule has 2 nitrogen and oxygen atoms in total. The fourth-order valence-corrected chi connectivity index (χ4v) is 8.32. The van der Waals surface area contributed by atoms with Gasteiger partial charge in [-0.2, -0.15) is 0 Å². The molecule has 0 spiro atoms. The van der Waals surface area contributed by atoms with E-state index in [0.717, 1.165) is 23.7 Å². The Labute approximate surface area is 154 Å². The normalized spacial score (nSPS) is 50.1. The van der Waals surface area contributed by atoms with Gasteiger partial charge in [-0.15, -0.1) is 0 Å². The molecule has 0 aliphatic heterocycles. The average Bonchev–Trinajstić information content (AvgIpc) is 2.96. The van der Waals surface area contributed by atoms with Crippen molar-refractivity contribution in [1.82, 2.24) is 0 Å². The first-order valence-electron chi connectivity index (χ1n) is 11.1. The van der Waals surface area contributed by atoms with Crippen LogP contribution in [0.1, 0.15) is 85.0 Å². The Morgan fingerprint density at radius 2 is 1.72 bits per heavy atom.